The third-order valence-corrected chi connectivity index (χ3v) is 4.77. The Morgan fingerprint density at radius 2 is 2.33 bits per heavy atom. The van der Waals surface area contributed by atoms with E-state index in [0.29, 0.717) is 16.2 Å². The lowest BCUT2D eigenvalue weighted by atomic mass is 9.86. The molecule has 2 aliphatic rings. The second-order valence-electron chi connectivity index (χ2n) is 6.15. The number of likely N-dealkylation sites (tertiary alicyclic amines) is 1. The van der Waals surface area contributed by atoms with Crippen LogP contribution in [0.25, 0.3) is 0 Å². The molecule has 114 valence electrons. The summed E-state index contributed by atoms with van der Waals surface area (Å²) in [6, 6.07) is 7.17. The molecule has 0 saturated carbocycles. The molecule has 3 rings (SSSR count). The second kappa shape index (κ2) is 5.85. The lowest BCUT2D eigenvalue weighted by Crippen LogP contribution is -2.40. The molecule has 1 N–H and O–H groups in total. The number of nitrogens with zero attached hydrogens (tertiary/aromatic N) is 1. The third kappa shape index (κ3) is 3.16. The van der Waals surface area contributed by atoms with Gasteiger partial charge >= 0.3 is 0 Å². The molecular formula is C16H21ClN2O2. The number of nitrogens with one attached hydrogen (secondary N) is 1. The van der Waals surface area contributed by atoms with E-state index in [1.165, 1.54) is 6.42 Å². The topological polar surface area (TPSA) is 41.6 Å². The first kappa shape index (κ1) is 14.7. The molecule has 2 saturated heterocycles. The van der Waals surface area contributed by atoms with E-state index in [1.54, 1.807) is 19.1 Å². The molecule has 1 amide bonds. The van der Waals surface area contributed by atoms with Crippen molar-refractivity contribution in [3.63, 3.8) is 0 Å². The minimum absolute atomic E-state index is 0.0683. The Morgan fingerprint density at radius 3 is 3.05 bits per heavy atom. The van der Waals surface area contributed by atoms with Crippen LogP contribution < -0.4 is 10.1 Å². The van der Waals surface area contributed by atoms with Gasteiger partial charge in [0.25, 0.3) is 5.91 Å². The predicted molar refractivity (Wildman–Crippen MR) is 82.7 cm³/mol. The Morgan fingerprint density at radius 1 is 1.48 bits per heavy atom. The Hall–Kier alpha value is -1.26. The highest BCUT2D eigenvalue weighted by molar-refractivity contribution is 6.30. The summed E-state index contributed by atoms with van der Waals surface area (Å²) in [5.41, 5.74) is 0.297. The average molecular weight is 309 g/mol. The van der Waals surface area contributed by atoms with E-state index in [9.17, 15) is 4.79 Å². The minimum Gasteiger partial charge on any atom is -0.481 e. The minimum atomic E-state index is -0.479. The fourth-order valence-electron chi connectivity index (χ4n) is 3.32. The van der Waals surface area contributed by atoms with Crippen molar-refractivity contribution in [1.82, 2.24) is 10.2 Å². The number of amides is 1. The van der Waals surface area contributed by atoms with Gasteiger partial charge < -0.3 is 15.0 Å². The molecule has 2 aliphatic heterocycles. The number of hydrogen-bond acceptors (Lipinski definition) is 3. The van der Waals surface area contributed by atoms with Gasteiger partial charge in [0.05, 0.1) is 0 Å². The molecule has 1 aromatic rings. The first-order chi connectivity index (χ1) is 10.1. The van der Waals surface area contributed by atoms with Crippen LogP contribution in [0.1, 0.15) is 19.8 Å². The highest BCUT2D eigenvalue weighted by atomic mass is 35.5. The first-order valence-corrected chi connectivity index (χ1v) is 7.88. The smallest absolute Gasteiger partial charge is 0.263 e. The number of ether oxygens (including phenoxy) is 1. The van der Waals surface area contributed by atoms with Crippen molar-refractivity contribution in [2.24, 2.45) is 5.41 Å². The number of carbonyl (C=O) groups excluding carboxylic acids is 1. The van der Waals surface area contributed by atoms with Gasteiger partial charge in [0.2, 0.25) is 0 Å². The standard InChI is InChI=1S/C16H21ClN2O2/c1-12(21-14-4-2-3-13(17)9-14)15(20)19-8-6-16(11-19)5-7-18-10-16/h2-4,9,12,18H,5-8,10-11H2,1H3. The lowest BCUT2D eigenvalue weighted by molar-refractivity contribution is -0.137. The van der Waals surface area contributed by atoms with Crippen LogP contribution in [-0.4, -0.2) is 43.1 Å². The van der Waals surface area contributed by atoms with Gasteiger partial charge in [-0.2, -0.15) is 0 Å². The molecule has 2 fully saturated rings. The average Bonchev–Trinajstić information content (AvgIpc) is 3.09. The monoisotopic (exact) mass is 308 g/mol. The van der Waals surface area contributed by atoms with E-state index in [1.807, 2.05) is 17.0 Å². The maximum Gasteiger partial charge on any atom is 0.263 e. The van der Waals surface area contributed by atoms with Crippen LogP contribution >= 0.6 is 11.6 Å². The second-order valence-corrected chi connectivity index (χ2v) is 6.59. The van der Waals surface area contributed by atoms with Gasteiger partial charge in [-0.05, 0) is 44.5 Å². The summed E-state index contributed by atoms with van der Waals surface area (Å²) in [5.74, 6) is 0.707. The van der Waals surface area contributed by atoms with E-state index in [4.69, 9.17) is 16.3 Å². The summed E-state index contributed by atoms with van der Waals surface area (Å²) in [6.07, 6.45) is 1.78. The summed E-state index contributed by atoms with van der Waals surface area (Å²) in [4.78, 5) is 14.5. The Bertz CT molecular complexity index is 529. The Kier molecular flexibility index (Phi) is 4.09. The van der Waals surface area contributed by atoms with Gasteiger partial charge in [-0.3, -0.25) is 4.79 Å². The normalized spacial score (nSPS) is 26.3. The van der Waals surface area contributed by atoms with Gasteiger partial charge in [0.1, 0.15) is 5.75 Å². The Balaban J connectivity index is 1.60. The van der Waals surface area contributed by atoms with E-state index >= 15 is 0 Å². The third-order valence-electron chi connectivity index (χ3n) is 4.54. The van der Waals surface area contributed by atoms with Crippen LogP contribution in [0.15, 0.2) is 24.3 Å². The highest BCUT2D eigenvalue weighted by Gasteiger charge is 2.42. The van der Waals surface area contributed by atoms with Crippen molar-refractivity contribution in [2.45, 2.75) is 25.9 Å². The molecule has 0 aliphatic carbocycles. The molecule has 0 aromatic heterocycles. The number of carbonyl (C=O) groups is 1. The van der Waals surface area contributed by atoms with E-state index in [2.05, 4.69) is 5.32 Å². The van der Waals surface area contributed by atoms with Gasteiger partial charge in [0, 0.05) is 30.1 Å². The molecular weight excluding hydrogens is 288 g/mol. The maximum absolute atomic E-state index is 12.5. The van der Waals surface area contributed by atoms with Crippen LogP contribution in [0, 0.1) is 5.41 Å². The molecule has 21 heavy (non-hydrogen) atoms. The molecule has 1 spiro atoms. The molecule has 0 radical (unpaired) electrons. The Labute approximate surface area is 130 Å². The summed E-state index contributed by atoms with van der Waals surface area (Å²) in [6.45, 7) is 5.59. The van der Waals surface area contributed by atoms with E-state index in [0.717, 1.165) is 32.6 Å². The summed E-state index contributed by atoms with van der Waals surface area (Å²) >= 11 is 5.93. The van der Waals surface area contributed by atoms with Crippen molar-refractivity contribution in [2.75, 3.05) is 26.2 Å². The number of rotatable bonds is 3. The molecule has 5 heteroatoms. The zero-order chi connectivity index (χ0) is 14.9. The van der Waals surface area contributed by atoms with E-state index in [-0.39, 0.29) is 5.91 Å². The zero-order valence-corrected chi connectivity index (χ0v) is 13.0. The quantitative estimate of drug-likeness (QED) is 0.932. The first-order valence-electron chi connectivity index (χ1n) is 7.50. The van der Waals surface area contributed by atoms with Crippen LogP contribution in [0.4, 0.5) is 0 Å². The summed E-state index contributed by atoms with van der Waals surface area (Å²) < 4.78 is 5.73. The van der Waals surface area contributed by atoms with Gasteiger partial charge in [0.15, 0.2) is 6.10 Å². The summed E-state index contributed by atoms with van der Waals surface area (Å²) in [7, 11) is 0. The van der Waals surface area contributed by atoms with Gasteiger partial charge in [-0.15, -0.1) is 0 Å². The largest absolute Gasteiger partial charge is 0.481 e. The molecule has 2 heterocycles. The molecule has 2 unspecified atom stereocenters. The van der Waals surface area contributed by atoms with Crippen LogP contribution in [0.5, 0.6) is 5.75 Å². The molecule has 0 bridgehead atoms. The predicted octanol–water partition coefficient (Wildman–Crippen LogP) is 2.32. The maximum atomic E-state index is 12.5. The number of halogens is 1. The lowest BCUT2D eigenvalue weighted by Gasteiger charge is -2.25. The van der Waals surface area contributed by atoms with E-state index < -0.39 is 6.10 Å². The SMILES string of the molecule is CC(Oc1cccc(Cl)c1)C(=O)N1CCC2(CCNC2)C1. The van der Waals surface area contributed by atoms with Crippen molar-refractivity contribution in [1.29, 1.82) is 0 Å². The van der Waals surface area contributed by atoms with Crippen molar-refractivity contribution >= 4 is 17.5 Å². The van der Waals surface area contributed by atoms with Gasteiger partial charge in [-0.25, -0.2) is 0 Å². The van der Waals surface area contributed by atoms with Crippen molar-refractivity contribution in [3.8, 4) is 5.75 Å². The number of benzene rings is 1. The summed E-state index contributed by atoms with van der Waals surface area (Å²) in [5, 5.41) is 4.02. The molecule has 1 aromatic carbocycles. The van der Waals surface area contributed by atoms with Gasteiger partial charge in [-0.1, -0.05) is 17.7 Å². The highest BCUT2D eigenvalue weighted by Crippen LogP contribution is 2.36. The number of hydrogen-bond donors (Lipinski definition) is 1. The molecule has 4 nitrogen and oxygen atoms in total. The fraction of sp³-hybridized carbons (Fsp3) is 0.562. The van der Waals surface area contributed by atoms with Crippen molar-refractivity contribution < 1.29 is 9.53 Å². The van der Waals surface area contributed by atoms with Crippen molar-refractivity contribution in [3.05, 3.63) is 29.3 Å². The van der Waals surface area contributed by atoms with Crippen LogP contribution in [0.3, 0.4) is 0 Å². The molecule has 2 atom stereocenters. The zero-order valence-electron chi connectivity index (χ0n) is 12.3. The van der Waals surface area contributed by atoms with Crippen LogP contribution in [0.2, 0.25) is 5.02 Å². The fourth-order valence-corrected chi connectivity index (χ4v) is 3.50. The van der Waals surface area contributed by atoms with Crippen LogP contribution in [-0.2, 0) is 4.79 Å².